The first-order chi connectivity index (χ1) is 10.6. The Morgan fingerprint density at radius 3 is 2.77 bits per heavy atom. The molecule has 2 amide bonds. The van der Waals surface area contributed by atoms with E-state index in [1.807, 2.05) is 37.4 Å². The Balaban J connectivity index is 1.74. The number of nitrogens with zero attached hydrogens (tertiary/aromatic N) is 2. The minimum atomic E-state index is -0.818. The molecule has 1 aliphatic rings. The number of hydrogen-bond acceptors (Lipinski definition) is 3. The zero-order chi connectivity index (χ0) is 15.9. The number of carbonyl (C=O) groups is 2. The maximum absolute atomic E-state index is 12.1. The minimum Gasteiger partial charge on any atom is -0.481 e. The van der Waals surface area contributed by atoms with Crippen LogP contribution in [0.4, 0.5) is 10.5 Å². The summed E-state index contributed by atoms with van der Waals surface area (Å²) in [4.78, 5) is 26.8. The van der Waals surface area contributed by atoms with E-state index in [-0.39, 0.29) is 6.03 Å². The third kappa shape index (κ3) is 4.38. The number of likely N-dealkylation sites (N-methyl/N-ethyl adjacent to an activating group) is 1. The average molecular weight is 305 g/mol. The molecule has 6 nitrogen and oxygen atoms in total. The van der Waals surface area contributed by atoms with Crippen LogP contribution in [0.3, 0.4) is 0 Å². The number of benzene rings is 1. The Labute approximate surface area is 130 Å². The van der Waals surface area contributed by atoms with Crippen molar-refractivity contribution in [1.29, 1.82) is 0 Å². The number of nitrogens with one attached hydrogen (secondary N) is 1. The van der Waals surface area contributed by atoms with E-state index in [1.165, 1.54) is 0 Å². The van der Waals surface area contributed by atoms with Gasteiger partial charge in [0, 0.05) is 38.9 Å². The molecular weight excluding hydrogens is 282 g/mol. The molecule has 1 aromatic carbocycles. The molecule has 6 heteroatoms. The van der Waals surface area contributed by atoms with Crippen molar-refractivity contribution in [3.8, 4) is 0 Å². The van der Waals surface area contributed by atoms with Crippen molar-refractivity contribution in [2.24, 2.45) is 5.92 Å². The third-order valence-corrected chi connectivity index (χ3v) is 3.98. The molecule has 1 saturated heterocycles. The second-order valence-corrected chi connectivity index (χ2v) is 5.61. The summed E-state index contributed by atoms with van der Waals surface area (Å²) in [7, 11) is 1.98. The number of carboxylic acids is 1. The van der Waals surface area contributed by atoms with E-state index in [9.17, 15) is 9.59 Å². The van der Waals surface area contributed by atoms with Gasteiger partial charge in [0.1, 0.15) is 0 Å². The maximum Gasteiger partial charge on any atom is 0.317 e. The Kier molecular flexibility index (Phi) is 5.63. The van der Waals surface area contributed by atoms with E-state index < -0.39 is 11.9 Å². The molecule has 0 aromatic heterocycles. The first-order valence-electron chi connectivity index (χ1n) is 7.59. The molecule has 0 saturated carbocycles. The topological polar surface area (TPSA) is 72.9 Å². The number of hydrogen-bond donors (Lipinski definition) is 2. The van der Waals surface area contributed by atoms with Gasteiger partial charge in [-0.1, -0.05) is 18.2 Å². The number of anilines is 1. The summed E-state index contributed by atoms with van der Waals surface area (Å²) < 4.78 is 0. The van der Waals surface area contributed by atoms with Gasteiger partial charge < -0.3 is 20.2 Å². The lowest BCUT2D eigenvalue weighted by Crippen LogP contribution is -2.48. The molecule has 2 N–H and O–H groups in total. The average Bonchev–Trinajstić information content (AvgIpc) is 2.55. The Bertz CT molecular complexity index is 507. The quantitative estimate of drug-likeness (QED) is 0.867. The summed E-state index contributed by atoms with van der Waals surface area (Å²) in [6.07, 6.45) is 1.39. The lowest BCUT2D eigenvalue weighted by Gasteiger charge is -2.31. The number of amides is 2. The Morgan fingerprint density at radius 1 is 1.36 bits per heavy atom. The summed E-state index contributed by atoms with van der Waals surface area (Å²) in [5.41, 5.74) is 1.10. The fourth-order valence-corrected chi connectivity index (χ4v) is 2.62. The molecule has 120 valence electrons. The summed E-state index contributed by atoms with van der Waals surface area (Å²) in [6, 6.07) is 9.78. The van der Waals surface area contributed by atoms with Crippen molar-refractivity contribution >= 4 is 17.7 Å². The predicted octanol–water partition coefficient (Wildman–Crippen LogP) is 1.63. The third-order valence-electron chi connectivity index (χ3n) is 3.98. The highest BCUT2D eigenvalue weighted by Crippen LogP contribution is 2.16. The number of carboxylic acid groups (broad SMARTS) is 1. The first-order valence-corrected chi connectivity index (χ1v) is 7.59. The van der Waals surface area contributed by atoms with Crippen molar-refractivity contribution in [2.45, 2.75) is 12.8 Å². The van der Waals surface area contributed by atoms with Crippen molar-refractivity contribution in [3.63, 3.8) is 0 Å². The fraction of sp³-hybridized carbons (Fsp3) is 0.500. The van der Waals surface area contributed by atoms with Crippen molar-refractivity contribution in [3.05, 3.63) is 30.3 Å². The molecule has 0 aliphatic carbocycles. The summed E-state index contributed by atoms with van der Waals surface area (Å²) in [6.45, 7) is 2.16. The van der Waals surface area contributed by atoms with E-state index >= 15 is 0 Å². The van der Waals surface area contributed by atoms with E-state index in [2.05, 4.69) is 10.2 Å². The normalized spacial score (nSPS) is 17.9. The highest BCUT2D eigenvalue weighted by molar-refractivity contribution is 5.76. The second-order valence-electron chi connectivity index (χ2n) is 5.61. The standard InChI is InChI=1S/C16H23N3O3/c1-18(14-7-3-2-4-8-14)11-9-17-16(22)19-10-5-6-13(12-19)15(20)21/h2-4,7-8,13H,5-6,9-12H2,1H3,(H,17,22)(H,20,21). The van der Waals surface area contributed by atoms with E-state index in [0.29, 0.717) is 32.6 Å². The molecule has 1 heterocycles. The number of para-hydroxylation sites is 1. The number of aliphatic carboxylic acids is 1. The van der Waals surface area contributed by atoms with Crippen LogP contribution in [0.1, 0.15) is 12.8 Å². The second kappa shape index (κ2) is 7.68. The monoisotopic (exact) mass is 305 g/mol. The van der Waals surface area contributed by atoms with Crippen LogP contribution in [0.15, 0.2) is 30.3 Å². The molecule has 2 rings (SSSR count). The Morgan fingerprint density at radius 2 is 2.09 bits per heavy atom. The summed E-state index contributed by atoms with van der Waals surface area (Å²) in [5.74, 6) is -1.26. The lowest BCUT2D eigenvalue weighted by molar-refractivity contribution is -0.143. The van der Waals surface area contributed by atoms with E-state index in [4.69, 9.17) is 5.11 Å². The van der Waals surface area contributed by atoms with Gasteiger partial charge in [0.25, 0.3) is 0 Å². The van der Waals surface area contributed by atoms with Crippen LogP contribution in [-0.2, 0) is 4.79 Å². The number of urea groups is 1. The maximum atomic E-state index is 12.1. The number of likely N-dealkylation sites (tertiary alicyclic amines) is 1. The molecule has 0 bridgehead atoms. The summed E-state index contributed by atoms with van der Waals surface area (Å²) >= 11 is 0. The van der Waals surface area contributed by atoms with Gasteiger partial charge in [-0.3, -0.25) is 4.79 Å². The SMILES string of the molecule is CN(CCNC(=O)N1CCCC(C(=O)O)C1)c1ccccc1. The number of piperidine rings is 1. The van der Waals surface area contributed by atoms with Crippen LogP contribution in [0, 0.1) is 5.92 Å². The largest absolute Gasteiger partial charge is 0.481 e. The van der Waals surface area contributed by atoms with Crippen LogP contribution < -0.4 is 10.2 Å². The number of rotatable bonds is 5. The van der Waals surface area contributed by atoms with Crippen molar-refractivity contribution in [1.82, 2.24) is 10.2 Å². The van der Waals surface area contributed by atoms with Gasteiger partial charge >= 0.3 is 12.0 Å². The molecule has 22 heavy (non-hydrogen) atoms. The first kappa shape index (κ1) is 16.1. The molecule has 1 fully saturated rings. The van der Waals surface area contributed by atoms with Crippen LogP contribution >= 0.6 is 0 Å². The molecule has 1 aliphatic heterocycles. The fourth-order valence-electron chi connectivity index (χ4n) is 2.62. The van der Waals surface area contributed by atoms with Gasteiger partial charge in [-0.2, -0.15) is 0 Å². The molecule has 1 aromatic rings. The molecule has 1 atom stereocenters. The highest BCUT2D eigenvalue weighted by Gasteiger charge is 2.27. The van der Waals surface area contributed by atoms with Gasteiger partial charge in [-0.25, -0.2) is 4.79 Å². The summed E-state index contributed by atoms with van der Waals surface area (Å²) in [5, 5.41) is 11.9. The minimum absolute atomic E-state index is 0.174. The Hall–Kier alpha value is -2.24. The van der Waals surface area contributed by atoms with Gasteiger partial charge in [0.2, 0.25) is 0 Å². The van der Waals surface area contributed by atoms with Crippen LogP contribution in [0.2, 0.25) is 0 Å². The number of carbonyl (C=O) groups excluding carboxylic acids is 1. The lowest BCUT2D eigenvalue weighted by atomic mass is 9.99. The highest BCUT2D eigenvalue weighted by atomic mass is 16.4. The van der Waals surface area contributed by atoms with Gasteiger partial charge in [-0.15, -0.1) is 0 Å². The zero-order valence-electron chi connectivity index (χ0n) is 12.9. The van der Waals surface area contributed by atoms with Gasteiger partial charge in [0.05, 0.1) is 5.92 Å². The van der Waals surface area contributed by atoms with E-state index in [1.54, 1.807) is 4.90 Å². The molecule has 1 unspecified atom stereocenters. The van der Waals surface area contributed by atoms with Gasteiger partial charge in [0.15, 0.2) is 0 Å². The molecule has 0 radical (unpaired) electrons. The van der Waals surface area contributed by atoms with Crippen LogP contribution in [-0.4, -0.2) is 55.2 Å². The zero-order valence-corrected chi connectivity index (χ0v) is 12.9. The van der Waals surface area contributed by atoms with Crippen molar-refractivity contribution in [2.75, 3.05) is 38.1 Å². The van der Waals surface area contributed by atoms with Crippen molar-refractivity contribution < 1.29 is 14.7 Å². The van der Waals surface area contributed by atoms with Gasteiger partial charge in [-0.05, 0) is 25.0 Å². The smallest absolute Gasteiger partial charge is 0.317 e. The predicted molar refractivity (Wildman–Crippen MR) is 85.0 cm³/mol. The molecule has 0 spiro atoms. The van der Waals surface area contributed by atoms with Crippen LogP contribution in [0.5, 0.6) is 0 Å². The van der Waals surface area contributed by atoms with E-state index in [0.717, 1.165) is 12.1 Å². The molecular formula is C16H23N3O3. The van der Waals surface area contributed by atoms with Crippen LogP contribution in [0.25, 0.3) is 0 Å².